The van der Waals surface area contributed by atoms with Gasteiger partial charge >= 0.3 is 0 Å². The smallest absolute Gasteiger partial charge is 0.240 e. The third-order valence-corrected chi connectivity index (χ3v) is 1.50. The monoisotopic (exact) mass is 170 g/mol. The minimum Gasteiger partial charge on any atom is -0.366 e. The van der Waals surface area contributed by atoms with Crippen molar-refractivity contribution in [3.8, 4) is 0 Å². The number of rotatable bonds is 4. The molecule has 0 saturated carbocycles. The van der Waals surface area contributed by atoms with Crippen LogP contribution in [0.4, 0.5) is 5.95 Å². The zero-order valence-electron chi connectivity index (χ0n) is 7.12. The first-order chi connectivity index (χ1) is 5.75. The molecule has 0 radical (unpaired) electrons. The molecule has 6 nitrogen and oxygen atoms in total. The second kappa shape index (κ2) is 3.91. The van der Waals surface area contributed by atoms with Gasteiger partial charge in [0.15, 0.2) is 5.82 Å². The molecule has 0 aliphatic carbocycles. The molecule has 1 heterocycles. The summed E-state index contributed by atoms with van der Waals surface area (Å²) in [6.07, 6.45) is 1.08. The van der Waals surface area contributed by atoms with E-state index in [-0.39, 0.29) is 5.95 Å². The van der Waals surface area contributed by atoms with Crippen molar-refractivity contribution in [3.05, 3.63) is 5.82 Å². The lowest BCUT2D eigenvalue weighted by Crippen LogP contribution is -2.22. The second-order valence-electron chi connectivity index (χ2n) is 2.52. The van der Waals surface area contributed by atoms with Crippen LogP contribution in [0.5, 0.6) is 0 Å². The summed E-state index contributed by atoms with van der Waals surface area (Å²) in [5, 5.41) is 10.6. The predicted octanol–water partition coefficient (Wildman–Crippen LogP) is -0.926. The number of aromatic nitrogens is 3. The van der Waals surface area contributed by atoms with Crippen molar-refractivity contribution < 1.29 is 0 Å². The summed E-state index contributed by atoms with van der Waals surface area (Å²) in [4.78, 5) is 0. The van der Waals surface area contributed by atoms with Gasteiger partial charge in [-0.25, -0.2) is 4.68 Å². The lowest BCUT2D eigenvalue weighted by Gasteiger charge is -2.01. The number of anilines is 1. The number of nitrogens with one attached hydrogen (secondary N) is 1. The molecule has 1 rings (SSSR count). The van der Waals surface area contributed by atoms with Crippen LogP contribution in [0.25, 0.3) is 0 Å². The number of nitrogens with zero attached hydrogens (tertiary/aromatic N) is 3. The summed E-state index contributed by atoms with van der Waals surface area (Å²) in [6, 6.07) is 0. The van der Waals surface area contributed by atoms with Crippen LogP contribution in [0.1, 0.15) is 19.2 Å². The second-order valence-corrected chi connectivity index (χ2v) is 2.52. The normalized spacial score (nSPS) is 10.4. The predicted molar refractivity (Wildman–Crippen MR) is 46.6 cm³/mol. The fourth-order valence-corrected chi connectivity index (χ4v) is 0.835. The van der Waals surface area contributed by atoms with Gasteiger partial charge in [0.1, 0.15) is 0 Å². The molecular weight excluding hydrogens is 156 g/mol. The number of hydrogen-bond acceptors (Lipinski definition) is 5. The molecule has 0 saturated heterocycles. The third kappa shape index (κ3) is 1.85. The van der Waals surface area contributed by atoms with Crippen LogP contribution in [0, 0.1) is 0 Å². The molecule has 0 unspecified atom stereocenters. The highest BCUT2D eigenvalue weighted by Gasteiger charge is 2.04. The molecule has 0 aromatic carbocycles. The van der Waals surface area contributed by atoms with Crippen LogP contribution in [0.2, 0.25) is 0 Å². The maximum atomic E-state index is 5.51. The molecule has 5 N–H and O–H groups in total. The standard InChI is InChI=1S/C6H14N6/c1-2-3-9-4-5-10-11-6(7)12(5)8/h9H,2-4,8H2,1H3,(H2,7,11). The average Bonchev–Trinajstić information content (AvgIpc) is 2.36. The number of nitrogens with two attached hydrogens (primary N) is 2. The highest BCUT2D eigenvalue weighted by atomic mass is 15.4. The van der Waals surface area contributed by atoms with Gasteiger partial charge in [-0.1, -0.05) is 6.92 Å². The van der Waals surface area contributed by atoms with Crippen LogP contribution in [-0.2, 0) is 6.54 Å². The summed E-state index contributed by atoms with van der Waals surface area (Å²) in [5.74, 6) is 6.40. The van der Waals surface area contributed by atoms with Gasteiger partial charge in [0.25, 0.3) is 0 Å². The van der Waals surface area contributed by atoms with Crippen molar-refractivity contribution in [2.75, 3.05) is 18.1 Å². The minimum atomic E-state index is 0.239. The van der Waals surface area contributed by atoms with Gasteiger partial charge in [-0.15, -0.1) is 10.2 Å². The Balaban J connectivity index is 2.46. The quantitative estimate of drug-likeness (QED) is 0.401. The van der Waals surface area contributed by atoms with Crippen LogP contribution in [-0.4, -0.2) is 21.4 Å². The van der Waals surface area contributed by atoms with E-state index in [1.165, 1.54) is 4.68 Å². The molecule has 0 atom stereocenters. The van der Waals surface area contributed by atoms with E-state index >= 15 is 0 Å². The average molecular weight is 170 g/mol. The van der Waals surface area contributed by atoms with Crippen molar-refractivity contribution >= 4 is 5.95 Å². The van der Waals surface area contributed by atoms with E-state index in [4.69, 9.17) is 11.6 Å². The molecule has 6 heteroatoms. The molecule has 68 valence electrons. The van der Waals surface area contributed by atoms with Gasteiger partial charge in [0, 0.05) is 0 Å². The number of hydrogen-bond donors (Lipinski definition) is 3. The maximum Gasteiger partial charge on any atom is 0.240 e. The van der Waals surface area contributed by atoms with Crippen LogP contribution >= 0.6 is 0 Å². The first kappa shape index (κ1) is 8.79. The molecule has 1 aromatic heterocycles. The molecule has 0 aliphatic heterocycles. The summed E-state index contributed by atoms with van der Waals surface area (Å²) in [6.45, 7) is 3.63. The topological polar surface area (TPSA) is 94.8 Å². The molecule has 0 fully saturated rings. The highest BCUT2D eigenvalue weighted by molar-refractivity contribution is 5.16. The molecule has 0 spiro atoms. The van der Waals surface area contributed by atoms with Gasteiger partial charge in [0.2, 0.25) is 5.95 Å². The Morgan fingerprint density at radius 3 is 2.75 bits per heavy atom. The zero-order chi connectivity index (χ0) is 8.97. The molecule has 0 aliphatic rings. The molecule has 1 aromatic rings. The fraction of sp³-hybridized carbons (Fsp3) is 0.667. The summed E-state index contributed by atoms with van der Waals surface area (Å²) in [5.41, 5.74) is 5.38. The van der Waals surface area contributed by atoms with Crippen molar-refractivity contribution in [3.63, 3.8) is 0 Å². The first-order valence-electron chi connectivity index (χ1n) is 3.91. The van der Waals surface area contributed by atoms with E-state index in [0.717, 1.165) is 13.0 Å². The zero-order valence-corrected chi connectivity index (χ0v) is 7.12. The van der Waals surface area contributed by atoms with Crippen LogP contribution < -0.4 is 16.9 Å². The molecule has 0 amide bonds. The molecule has 0 bridgehead atoms. The molecular formula is C6H14N6. The van der Waals surface area contributed by atoms with E-state index in [0.29, 0.717) is 12.4 Å². The minimum absolute atomic E-state index is 0.239. The lowest BCUT2D eigenvalue weighted by molar-refractivity contribution is 0.637. The summed E-state index contributed by atoms with van der Waals surface area (Å²) < 4.78 is 1.28. The van der Waals surface area contributed by atoms with Gasteiger partial charge in [0.05, 0.1) is 6.54 Å². The van der Waals surface area contributed by atoms with Crippen molar-refractivity contribution in [1.82, 2.24) is 20.2 Å². The SMILES string of the molecule is CCCNCc1nnc(N)n1N. The Kier molecular flexibility index (Phi) is 2.87. The number of nitrogen functional groups attached to an aromatic ring is 2. The van der Waals surface area contributed by atoms with E-state index in [1.54, 1.807) is 0 Å². The Morgan fingerprint density at radius 2 is 2.25 bits per heavy atom. The Morgan fingerprint density at radius 1 is 1.50 bits per heavy atom. The maximum absolute atomic E-state index is 5.51. The van der Waals surface area contributed by atoms with E-state index in [2.05, 4.69) is 22.4 Å². The fourth-order valence-electron chi connectivity index (χ4n) is 0.835. The van der Waals surface area contributed by atoms with E-state index in [1.807, 2.05) is 0 Å². The first-order valence-corrected chi connectivity index (χ1v) is 3.91. The van der Waals surface area contributed by atoms with Gasteiger partial charge < -0.3 is 16.9 Å². The van der Waals surface area contributed by atoms with Gasteiger partial charge in [-0.05, 0) is 13.0 Å². The van der Waals surface area contributed by atoms with Crippen molar-refractivity contribution in [1.29, 1.82) is 0 Å². The summed E-state index contributed by atoms with van der Waals surface area (Å²) >= 11 is 0. The third-order valence-electron chi connectivity index (χ3n) is 1.50. The van der Waals surface area contributed by atoms with Crippen LogP contribution in [0.15, 0.2) is 0 Å². The highest BCUT2D eigenvalue weighted by Crippen LogP contribution is 1.96. The van der Waals surface area contributed by atoms with Crippen molar-refractivity contribution in [2.24, 2.45) is 0 Å². The Bertz CT molecular complexity index is 242. The Hall–Kier alpha value is -1.30. The van der Waals surface area contributed by atoms with Gasteiger partial charge in [-0.3, -0.25) is 0 Å². The summed E-state index contributed by atoms with van der Waals surface area (Å²) in [7, 11) is 0. The van der Waals surface area contributed by atoms with Gasteiger partial charge in [-0.2, -0.15) is 0 Å². The largest absolute Gasteiger partial charge is 0.366 e. The van der Waals surface area contributed by atoms with E-state index < -0.39 is 0 Å². The van der Waals surface area contributed by atoms with E-state index in [9.17, 15) is 0 Å². The molecule has 12 heavy (non-hydrogen) atoms. The van der Waals surface area contributed by atoms with Crippen LogP contribution in [0.3, 0.4) is 0 Å². The van der Waals surface area contributed by atoms with Crippen molar-refractivity contribution in [2.45, 2.75) is 19.9 Å². The Labute approximate surface area is 70.9 Å². The lowest BCUT2D eigenvalue weighted by atomic mass is 10.4.